The van der Waals surface area contributed by atoms with E-state index in [4.69, 9.17) is 5.11 Å². The van der Waals surface area contributed by atoms with Crippen LogP contribution in [0.3, 0.4) is 0 Å². The molecule has 3 nitrogen and oxygen atoms in total. The van der Waals surface area contributed by atoms with E-state index in [1.54, 1.807) is 0 Å². The number of hydrogen-bond donors (Lipinski definition) is 2. The van der Waals surface area contributed by atoms with E-state index in [0.717, 1.165) is 5.69 Å². The van der Waals surface area contributed by atoms with Crippen LogP contribution in [0.1, 0.15) is 20.8 Å². The number of rotatable bonds is 3. The molecule has 2 N–H and O–H groups in total. The van der Waals surface area contributed by atoms with Crippen LogP contribution in [0.4, 0.5) is 5.69 Å². The Bertz CT molecular complexity index is 327. The number of hydrogen-bond acceptors (Lipinski definition) is 2. The quantitative estimate of drug-likeness (QED) is 0.801. The highest BCUT2D eigenvalue weighted by Gasteiger charge is 2.30. The fraction of sp³-hybridized carbons (Fsp3) is 0.417. The van der Waals surface area contributed by atoms with Crippen molar-refractivity contribution in [3.63, 3.8) is 0 Å². The molecule has 0 spiro atoms. The smallest absolute Gasteiger partial charge is 0.326 e. The number of carboxylic acid groups (broad SMARTS) is 1. The molecule has 0 amide bonds. The highest BCUT2D eigenvalue weighted by atomic mass is 16.4. The summed E-state index contributed by atoms with van der Waals surface area (Å²) in [5, 5.41) is 12.1. The lowest BCUT2D eigenvalue weighted by Crippen LogP contribution is -2.41. The van der Waals surface area contributed by atoms with Gasteiger partial charge in [-0.05, 0) is 17.5 Å². The van der Waals surface area contributed by atoms with E-state index < -0.39 is 12.0 Å². The molecule has 0 radical (unpaired) electrons. The first-order valence-electron chi connectivity index (χ1n) is 4.95. The molecular formula is C12H17NO2. The largest absolute Gasteiger partial charge is 0.480 e. The third-order valence-corrected chi connectivity index (χ3v) is 2.20. The maximum absolute atomic E-state index is 11.1. The Morgan fingerprint density at radius 3 is 2.20 bits per heavy atom. The van der Waals surface area contributed by atoms with Crippen molar-refractivity contribution in [3.8, 4) is 0 Å². The molecule has 0 saturated heterocycles. The van der Waals surface area contributed by atoms with Crippen LogP contribution in [0.5, 0.6) is 0 Å². The Labute approximate surface area is 90.1 Å². The Balaban J connectivity index is 2.82. The maximum Gasteiger partial charge on any atom is 0.326 e. The molecule has 15 heavy (non-hydrogen) atoms. The number of carbonyl (C=O) groups is 1. The monoisotopic (exact) mass is 207 g/mol. The van der Waals surface area contributed by atoms with E-state index in [0.29, 0.717) is 0 Å². The summed E-state index contributed by atoms with van der Waals surface area (Å²) in [5.74, 6) is -0.827. The summed E-state index contributed by atoms with van der Waals surface area (Å²) < 4.78 is 0. The van der Waals surface area contributed by atoms with Crippen LogP contribution in [0.25, 0.3) is 0 Å². The first-order chi connectivity index (χ1) is 6.91. The Morgan fingerprint density at radius 2 is 1.80 bits per heavy atom. The van der Waals surface area contributed by atoms with E-state index in [-0.39, 0.29) is 5.41 Å². The van der Waals surface area contributed by atoms with Gasteiger partial charge in [-0.25, -0.2) is 4.79 Å². The average Bonchev–Trinajstić information content (AvgIpc) is 2.13. The summed E-state index contributed by atoms with van der Waals surface area (Å²) in [5.41, 5.74) is 0.515. The Hall–Kier alpha value is -1.51. The van der Waals surface area contributed by atoms with E-state index in [2.05, 4.69) is 5.32 Å². The third-order valence-electron chi connectivity index (χ3n) is 2.20. The summed E-state index contributed by atoms with van der Waals surface area (Å²) in [7, 11) is 0. The number of anilines is 1. The second kappa shape index (κ2) is 4.34. The van der Waals surface area contributed by atoms with Crippen molar-refractivity contribution in [2.24, 2.45) is 5.41 Å². The Kier molecular flexibility index (Phi) is 3.35. The van der Waals surface area contributed by atoms with Gasteiger partial charge in [0.15, 0.2) is 0 Å². The predicted molar refractivity (Wildman–Crippen MR) is 60.9 cm³/mol. The van der Waals surface area contributed by atoms with Crippen LogP contribution in [-0.4, -0.2) is 17.1 Å². The van der Waals surface area contributed by atoms with Crippen molar-refractivity contribution >= 4 is 11.7 Å². The summed E-state index contributed by atoms with van der Waals surface area (Å²) in [6.07, 6.45) is 0. The molecule has 0 fully saturated rings. The highest BCUT2D eigenvalue weighted by molar-refractivity contribution is 5.78. The van der Waals surface area contributed by atoms with Crippen LogP contribution in [0.2, 0.25) is 0 Å². The van der Waals surface area contributed by atoms with Crippen molar-refractivity contribution in [2.45, 2.75) is 26.8 Å². The van der Waals surface area contributed by atoms with E-state index >= 15 is 0 Å². The van der Waals surface area contributed by atoms with Crippen LogP contribution in [-0.2, 0) is 4.79 Å². The number of carboxylic acids is 1. The number of nitrogens with one attached hydrogen (secondary N) is 1. The second-order valence-electron chi connectivity index (χ2n) is 4.65. The van der Waals surface area contributed by atoms with Crippen molar-refractivity contribution < 1.29 is 9.90 Å². The number of benzene rings is 1. The molecule has 1 rings (SSSR count). The molecule has 0 aliphatic heterocycles. The second-order valence-corrected chi connectivity index (χ2v) is 4.65. The van der Waals surface area contributed by atoms with Gasteiger partial charge in [0, 0.05) is 5.69 Å². The minimum atomic E-state index is -0.827. The molecule has 1 aromatic rings. The van der Waals surface area contributed by atoms with Crippen LogP contribution >= 0.6 is 0 Å². The fourth-order valence-corrected chi connectivity index (χ4v) is 1.35. The van der Waals surface area contributed by atoms with E-state index in [9.17, 15) is 4.79 Å². The van der Waals surface area contributed by atoms with Gasteiger partial charge in [0.05, 0.1) is 0 Å². The standard InChI is InChI=1S/C12H17NO2/c1-12(2,3)10(11(14)15)13-9-7-5-4-6-8-9/h4-8,10,13H,1-3H3,(H,14,15)/t10-/m0/s1. The third kappa shape index (κ3) is 3.27. The zero-order chi connectivity index (χ0) is 11.5. The minimum absolute atomic E-state index is 0.318. The van der Waals surface area contributed by atoms with Crippen LogP contribution in [0, 0.1) is 5.41 Å². The minimum Gasteiger partial charge on any atom is -0.480 e. The van der Waals surface area contributed by atoms with Crippen LogP contribution in [0.15, 0.2) is 30.3 Å². The lowest BCUT2D eigenvalue weighted by atomic mass is 9.86. The highest BCUT2D eigenvalue weighted by Crippen LogP contribution is 2.23. The molecule has 0 saturated carbocycles. The van der Waals surface area contributed by atoms with Crippen molar-refractivity contribution in [3.05, 3.63) is 30.3 Å². The zero-order valence-electron chi connectivity index (χ0n) is 9.32. The van der Waals surface area contributed by atoms with E-state index in [1.807, 2.05) is 51.1 Å². The van der Waals surface area contributed by atoms with Crippen molar-refractivity contribution in [1.29, 1.82) is 0 Å². The summed E-state index contributed by atoms with van der Waals surface area (Å²) in [4.78, 5) is 11.1. The average molecular weight is 207 g/mol. The number of aliphatic carboxylic acids is 1. The SMILES string of the molecule is CC(C)(C)[C@@H](Nc1ccccc1)C(=O)O. The van der Waals surface area contributed by atoms with Gasteiger partial charge in [0.1, 0.15) is 6.04 Å². The molecular weight excluding hydrogens is 190 g/mol. The van der Waals surface area contributed by atoms with Gasteiger partial charge in [-0.2, -0.15) is 0 Å². The summed E-state index contributed by atoms with van der Waals surface area (Å²) in [6, 6.07) is 8.80. The van der Waals surface area contributed by atoms with Gasteiger partial charge in [0.2, 0.25) is 0 Å². The van der Waals surface area contributed by atoms with Gasteiger partial charge in [-0.15, -0.1) is 0 Å². The lowest BCUT2D eigenvalue weighted by Gasteiger charge is -2.28. The lowest BCUT2D eigenvalue weighted by molar-refractivity contribution is -0.140. The Morgan fingerprint density at radius 1 is 1.27 bits per heavy atom. The molecule has 0 aliphatic rings. The van der Waals surface area contributed by atoms with Gasteiger partial charge < -0.3 is 10.4 Å². The molecule has 0 bridgehead atoms. The van der Waals surface area contributed by atoms with Gasteiger partial charge >= 0.3 is 5.97 Å². The molecule has 1 atom stereocenters. The maximum atomic E-state index is 11.1. The molecule has 0 aliphatic carbocycles. The van der Waals surface area contributed by atoms with E-state index in [1.165, 1.54) is 0 Å². The molecule has 0 unspecified atom stereocenters. The summed E-state index contributed by atoms with van der Waals surface area (Å²) >= 11 is 0. The van der Waals surface area contributed by atoms with Gasteiger partial charge in [-0.1, -0.05) is 39.0 Å². The number of para-hydroxylation sites is 1. The van der Waals surface area contributed by atoms with Crippen molar-refractivity contribution in [1.82, 2.24) is 0 Å². The van der Waals surface area contributed by atoms with Crippen LogP contribution < -0.4 is 5.32 Å². The van der Waals surface area contributed by atoms with Gasteiger partial charge in [-0.3, -0.25) is 0 Å². The first kappa shape index (κ1) is 11.6. The van der Waals surface area contributed by atoms with Gasteiger partial charge in [0.25, 0.3) is 0 Å². The fourth-order valence-electron chi connectivity index (χ4n) is 1.35. The molecule has 0 heterocycles. The molecule has 82 valence electrons. The van der Waals surface area contributed by atoms with Crippen molar-refractivity contribution in [2.75, 3.05) is 5.32 Å². The predicted octanol–water partition coefficient (Wildman–Crippen LogP) is 2.60. The zero-order valence-corrected chi connectivity index (χ0v) is 9.32. The topological polar surface area (TPSA) is 49.3 Å². The molecule has 0 aromatic heterocycles. The normalized spacial score (nSPS) is 13.3. The first-order valence-corrected chi connectivity index (χ1v) is 4.95. The molecule has 3 heteroatoms. The molecule has 1 aromatic carbocycles. The summed E-state index contributed by atoms with van der Waals surface area (Å²) in [6.45, 7) is 5.71.